The normalized spacial score (nSPS) is 23.5. The smallest absolute Gasteiger partial charge is 0.270 e. The van der Waals surface area contributed by atoms with Gasteiger partial charge in [-0.1, -0.05) is 13.8 Å². The van der Waals surface area contributed by atoms with Gasteiger partial charge in [-0.3, -0.25) is 19.0 Å². The molecule has 11 heteroatoms. The van der Waals surface area contributed by atoms with Gasteiger partial charge in [0.1, 0.15) is 5.65 Å². The van der Waals surface area contributed by atoms with Crippen LogP contribution in [0, 0.1) is 17.8 Å². The Morgan fingerprint density at radius 1 is 1.23 bits per heavy atom. The van der Waals surface area contributed by atoms with Crippen molar-refractivity contribution >= 4 is 23.5 Å². The van der Waals surface area contributed by atoms with Gasteiger partial charge in [0, 0.05) is 49.2 Å². The first-order valence-corrected chi connectivity index (χ1v) is 12.1. The molecule has 3 heterocycles. The highest BCUT2D eigenvalue weighted by Gasteiger charge is 2.56. The van der Waals surface area contributed by atoms with Gasteiger partial charge in [-0.05, 0) is 37.7 Å². The van der Waals surface area contributed by atoms with E-state index in [1.165, 1.54) is 27.8 Å². The van der Waals surface area contributed by atoms with Crippen LogP contribution >= 0.6 is 0 Å². The number of aromatic hydroxyl groups is 1. The topological polar surface area (TPSA) is 109 Å². The van der Waals surface area contributed by atoms with Gasteiger partial charge in [0.2, 0.25) is 11.8 Å². The Balaban J connectivity index is 1.48. The molecule has 2 unspecified atom stereocenters. The Hall–Kier alpha value is -3.24. The van der Waals surface area contributed by atoms with Gasteiger partial charge in [0.05, 0.1) is 6.20 Å². The lowest BCUT2D eigenvalue weighted by Crippen LogP contribution is -2.50. The fraction of sp³-hybridized carbons (Fsp3) is 0.583. The molecule has 35 heavy (non-hydrogen) atoms. The summed E-state index contributed by atoms with van der Waals surface area (Å²) in [6.45, 7) is 4.11. The van der Waals surface area contributed by atoms with Crippen molar-refractivity contribution in [3.8, 4) is 5.88 Å². The number of carbonyl (C=O) groups excluding carboxylic acids is 2. The van der Waals surface area contributed by atoms with Crippen LogP contribution in [0.1, 0.15) is 55.5 Å². The Kier molecular flexibility index (Phi) is 5.68. The molecule has 2 atom stereocenters. The van der Waals surface area contributed by atoms with E-state index in [1.54, 1.807) is 0 Å². The number of rotatable bonds is 6. The minimum absolute atomic E-state index is 0.00245. The second kappa shape index (κ2) is 8.46. The molecule has 188 valence electrons. The molecule has 2 bridgehead atoms. The average molecular weight is 490 g/mol. The standard InChI is InChI=1S/C24H29F2N5O4/c1-13(2)10-30-21-14(3-8-18(32)29-11-15-4-5-16(12-29)24(15,25)26)9-27-31(21)23(35)19(22(30)34)20(33)28-17-6-7-17/h3,8-9,13,15-17,35H,4-7,10-12H2,1-2H3,(H,28,33)/b8-3+. The molecule has 1 saturated heterocycles. The van der Waals surface area contributed by atoms with Gasteiger partial charge >= 0.3 is 0 Å². The highest BCUT2D eigenvalue weighted by atomic mass is 19.3. The van der Waals surface area contributed by atoms with E-state index in [1.807, 2.05) is 13.8 Å². The molecule has 0 spiro atoms. The summed E-state index contributed by atoms with van der Waals surface area (Å²) in [4.78, 5) is 40.2. The van der Waals surface area contributed by atoms with Crippen LogP contribution in [0.2, 0.25) is 0 Å². The van der Waals surface area contributed by atoms with Crippen molar-refractivity contribution in [1.29, 1.82) is 0 Å². The van der Waals surface area contributed by atoms with E-state index in [0.717, 1.165) is 17.4 Å². The molecular formula is C24H29F2N5O4. The van der Waals surface area contributed by atoms with E-state index in [2.05, 4.69) is 10.4 Å². The maximum Gasteiger partial charge on any atom is 0.270 e. The number of hydrogen-bond donors (Lipinski definition) is 2. The highest BCUT2D eigenvalue weighted by molar-refractivity contribution is 5.97. The summed E-state index contributed by atoms with van der Waals surface area (Å²) in [6.07, 6.45) is 6.64. The van der Waals surface area contributed by atoms with E-state index in [0.29, 0.717) is 18.4 Å². The van der Waals surface area contributed by atoms with Gasteiger partial charge in [-0.25, -0.2) is 8.78 Å². The van der Waals surface area contributed by atoms with Gasteiger partial charge in [0.15, 0.2) is 5.56 Å². The molecule has 0 aromatic carbocycles. The van der Waals surface area contributed by atoms with Crippen LogP contribution in [-0.4, -0.2) is 61.1 Å². The molecule has 3 fully saturated rings. The molecule has 2 aromatic heterocycles. The number of carbonyl (C=O) groups is 2. The lowest BCUT2D eigenvalue weighted by atomic mass is 9.94. The number of hydrogen-bond acceptors (Lipinski definition) is 5. The SMILES string of the molecule is CC(C)Cn1c(=O)c(C(=O)NC2CC2)c(O)n2ncc(/C=C/C(=O)N3CC4CCC(C3)C4(F)F)c12. The summed E-state index contributed by atoms with van der Waals surface area (Å²) < 4.78 is 30.9. The zero-order valence-corrected chi connectivity index (χ0v) is 19.7. The van der Waals surface area contributed by atoms with Gasteiger partial charge in [-0.15, -0.1) is 0 Å². The number of aromatic nitrogens is 3. The summed E-state index contributed by atoms with van der Waals surface area (Å²) in [6, 6.07) is 0.00245. The van der Waals surface area contributed by atoms with Crippen LogP contribution < -0.4 is 10.9 Å². The number of nitrogens with zero attached hydrogens (tertiary/aromatic N) is 4. The minimum Gasteiger partial charge on any atom is -0.492 e. The number of halogens is 2. The van der Waals surface area contributed by atoms with Crippen molar-refractivity contribution in [3.05, 3.63) is 33.8 Å². The van der Waals surface area contributed by atoms with Crippen molar-refractivity contribution in [1.82, 2.24) is 24.4 Å². The van der Waals surface area contributed by atoms with E-state index < -0.39 is 35.1 Å². The number of nitrogens with one attached hydrogen (secondary N) is 1. The minimum atomic E-state index is -2.73. The number of alkyl halides is 2. The molecule has 0 radical (unpaired) electrons. The average Bonchev–Trinajstić information content (AvgIpc) is 3.49. The summed E-state index contributed by atoms with van der Waals surface area (Å²) in [5, 5.41) is 17.6. The lowest BCUT2D eigenvalue weighted by Gasteiger charge is -2.37. The third-order valence-corrected chi connectivity index (χ3v) is 7.15. The van der Waals surface area contributed by atoms with Crippen LogP contribution in [0.5, 0.6) is 5.88 Å². The van der Waals surface area contributed by atoms with Crippen LogP contribution in [0.4, 0.5) is 8.78 Å². The molecule has 2 amide bonds. The van der Waals surface area contributed by atoms with Crippen molar-refractivity contribution in [3.63, 3.8) is 0 Å². The molecule has 3 aliphatic rings. The molecular weight excluding hydrogens is 460 g/mol. The molecule has 9 nitrogen and oxygen atoms in total. The summed E-state index contributed by atoms with van der Waals surface area (Å²) in [5.41, 5.74) is -0.369. The Labute approximate surface area is 200 Å². The van der Waals surface area contributed by atoms with Crippen molar-refractivity contribution in [2.24, 2.45) is 17.8 Å². The zero-order valence-electron chi connectivity index (χ0n) is 19.7. The van der Waals surface area contributed by atoms with Gasteiger partial charge in [0.25, 0.3) is 17.4 Å². The molecule has 1 aliphatic heterocycles. The summed E-state index contributed by atoms with van der Waals surface area (Å²) in [7, 11) is 0. The fourth-order valence-electron chi connectivity index (χ4n) is 5.15. The van der Waals surface area contributed by atoms with Crippen molar-refractivity contribution in [2.45, 2.75) is 58.0 Å². The zero-order chi connectivity index (χ0) is 25.1. The monoisotopic (exact) mass is 489 g/mol. The third-order valence-electron chi connectivity index (χ3n) is 7.15. The molecule has 2 aromatic rings. The number of fused-ring (bicyclic) bond motifs is 3. The lowest BCUT2D eigenvalue weighted by molar-refractivity contribution is -0.144. The first-order valence-electron chi connectivity index (χ1n) is 12.1. The van der Waals surface area contributed by atoms with E-state index in [9.17, 15) is 28.3 Å². The van der Waals surface area contributed by atoms with Crippen molar-refractivity contribution in [2.75, 3.05) is 13.1 Å². The second-order valence-corrected chi connectivity index (χ2v) is 10.3. The maximum atomic E-state index is 14.2. The molecule has 2 saturated carbocycles. The number of amides is 2. The molecule has 5 rings (SSSR count). The quantitative estimate of drug-likeness (QED) is 0.605. The summed E-state index contributed by atoms with van der Waals surface area (Å²) in [5.74, 6) is -5.92. The number of likely N-dealkylation sites (tertiary alicyclic amines) is 1. The third kappa shape index (κ3) is 4.10. The van der Waals surface area contributed by atoms with E-state index in [4.69, 9.17) is 0 Å². The number of piperidine rings is 1. The first kappa shape index (κ1) is 23.5. The molecule has 2 aliphatic carbocycles. The van der Waals surface area contributed by atoms with E-state index >= 15 is 0 Å². The fourth-order valence-corrected chi connectivity index (χ4v) is 5.15. The van der Waals surface area contributed by atoms with Crippen LogP contribution in [-0.2, 0) is 11.3 Å². The maximum absolute atomic E-state index is 14.2. The van der Waals surface area contributed by atoms with Gasteiger partial charge in [-0.2, -0.15) is 9.61 Å². The van der Waals surface area contributed by atoms with Crippen LogP contribution in [0.15, 0.2) is 17.1 Å². The Morgan fingerprint density at radius 2 is 1.89 bits per heavy atom. The van der Waals surface area contributed by atoms with Crippen molar-refractivity contribution < 1.29 is 23.5 Å². The Morgan fingerprint density at radius 3 is 2.49 bits per heavy atom. The summed E-state index contributed by atoms with van der Waals surface area (Å²) >= 11 is 0. The highest BCUT2D eigenvalue weighted by Crippen LogP contribution is 2.48. The van der Waals surface area contributed by atoms with E-state index in [-0.39, 0.29) is 48.7 Å². The first-order chi connectivity index (χ1) is 16.6. The largest absolute Gasteiger partial charge is 0.492 e. The van der Waals surface area contributed by atoms with Gasteiger partial charge < -0.3 is 15.3 Å². The predicted octanol–water partition coefficient (Wildman–Crippen LogP) is 2.27. The Bertz CT molecular complexity index is 1260. The molecule has 2 N–H and O–H groups in total. The second-order valence-electron chi connectivity index (χ2n) is 10.3. The predicted molar refractivity (Wildman–Crippen MR) is 123 cm³/mol. The van der Waals surface area contributed by atoms with Crippen LogP contribution in [0.3, 0.4) is 0 Å². The van der Waals surface area contributed by atoms with Crippen LogP contribution in [0.25, 0.3) is 11.7 Å².